The van der Waals surface area contributed by atoms with Crippen LogP contribution in [0.4, 0.5) is 5.69 Å². The van der Waals surface area contributed by atoms with E-state index in [1.54, 1.807) is 49.3 Å². The van der Waals surface area contributed by atoms with Gasteiger partial charge in [-0.15, -0.1) is 0 Å². The Labute approximate surface area is 166 Å². The first-order chi connectivity index (χ1) is 12.8. The molecule has 7 heteroatoms. The van der Waals surface area contributed by atoms with Crippen molar-refractivity contribution in [1.29, 1.82) is 0 Å². The molecule has 3 aromatic rings. The number of carbonyl (C=O) groups is 1. The Morgan fingerprint density at radius 1 is 1.04 bits per heavy atom. The molecule has 0 saturated carbocycles. The van der Waals surface area contributed by atoms with Gasteiger partial charge < -0.3 is 4.90 Å². The first-order valence-corrected chi connectivity index (χ1v) is 10.6. The van der Waals surface area contributed by atoms with Crippen LogP contribution in [0.3, 0.4) is 0 Å². The van der Waals surface area contributed by atoms with Gasteiger partial charge in [-0.3, -0.25) is 4.79 Å². The topological polar surface area (TPSA) is 57.7 Å². The summed E-state index contributed by atoms with van der Waals surface area (Å²) in [4.78, 5) is 14.2. The highest BCUT2D eigenvalue weighted by atomic mass is 79.9. The molecule has 0 N–H and O–H groups in total. The van der Waals surface area contributed by atoms with Crippen LogP contribution in [0.5, 0.6) is 0 Å². The summed E-state index contributed by atoms with van der Waals surface area (Å²) in [6.07, 6.45) is 0. The summed E-state index contributed by atoms with van der Waals surface area (Å²) in [5.41, 5.74) is 2.17. The maximum Gasteiger partial charge on any atom is 0.258 e. The fourth-order valence-corrected chi connectivity index (χ4v) is 5.04. The summed E-state index contributed by atoms with van der Waals surface area (Å²) >= 11 is 3.38. The molecule has 1 aliphatic heterocycles. The Morgan fingerprint density at radius 2 is 1.74 bits per heavy atom. The lowest BCUT2D eigenvalue weighted by molar-refractivity contribution is 0.0999. The molecule has 1 aliphatic rings. The van der Waals surface area contributed by atoms with Crippen molar-refractivity contribution >= 4 is 48.3 Å². The third-order valence-corrected chi connectivity index (χ3v) is 7.27. The van der Waals surface area contributed by atoms with E-state index in [2.05, 4.69) is 15.9 Å². The molecule has 0 unspecified atom stereocenters. The van der Waals surface area contributed by atoms with Crippen LogP contribution in [-0.4, -0.2) is 32.7 Å². The molecule has 1 heterocycles. The van der Waals surface area contributed by atoms with Gasteiger partial charge in [-0.1, -0.05) is 40.2 Å². The average molecular weight is 445 g/mol. The summed E-state index contributed by atoms with van der Waals surface area (Å²) in [6.45, 7) is 0.261. The molecule has 138 valence electrons. The van der Waals surface area contributed by atoms with Crippen LogP contribution in [-0.2, 0) is 16.6 Å². The average Bonchev–Trinajstić information content (AvgIpc) is 2.90. The zero-order valence-corrected chi connectivity index (χ0v) is 17.2. The lowest BCUT2D eigenvalue weighted by Gasteiger charge is -2.19. The quantitative estimate of drug-likeness (QED) is 0.610. The zero-order valence-electron chi connectivity index (χ0n) is 14.8. The van der Waals surface area contributed by atoms with Crippen molar-refractivity contribution in [2.75, 3.05) is 19.0 Å². The van der Waals surface area contributed by atoms with E-state index in [-0.39, 0.29) is 17.3 Å². The lowest BCUT2D eigenvalue weighted by Crippen LogP contribution is -2.26. The monoisotopic (exact) mass is 444 g/mol. The first kappa shape index (κ1) is 18.2. The molecular formula is C20H17BrN2O3S. The van der Waals surface area contributed by atoms with Crippen molar-refractivity contribution in [2.45, 2.75) is 11.4 Å². The van der Waals surface area contributed by atoms with E-state index in [9.17, 15) is 13.2 Å². The maximum absolute atomic E-state index is 13.2. The van der Waals surface area contributed by atoms with Crippen LogP contribution in [0.1, 0.15) is 15.9 Å². The van der Waals surface area contributed by atoms with Gasteiger partial charge >= 0.3 is 0 Å². The number of anilines is 1. The second kappa shape index (κ2) is 6.44. The standard InChI is InChI=1S/C20H17BrN2O3S/c1-22(12-13-6-8-14(21)9-7-13)27(25,26)18-11-10-17-19-15(18)4-3-5-16(19)20(24)23(17)2/h3-11H,12H2,1-2H3. The number of benzene rings is 3. The van der Waals surface area contributed by atoms with Gasteiger partial charge in [-0.2, -0.15) is 4.31 Å². The summed E-state index contributed by atoms with van der Waals surface area (Å²) in [5.74, 6) is -0.117. The normalized spacial score (nSPS) is 13.8. The van der Waals surface area contributed by atoms with Gasteiger partial charge in [0.25, 0.3) is 5.91 Å². The highest BCUT2D eigenvalue weighted by Gasteiger charge is 2.31. The van der Waals surface area contributed by atoms with E-state index >= 15 is 0 Å². The fourth-order valence-electron chi connectivity index (χ4n) is 3.43. The van der Waals surface area contributed by atoms with Crippen LogP contribution in [0.15, 0.2) is 64.0 Å². The smallest absolute Gasteiger partial charge is 0.258 e. The van der Waals surface area contributed by atoms with Crippen LogP contribution < -0.4 is 4.90 Å². The Balaban J connectivity index is 1.80. The van der Waals surface area contributed by atoms with Crippen molar-refractivity contribution in [2.24, 2.45) is 0 Å². The fraction of sp³-hybridized carbons (Fsp3) is 0.150. The minimum Gasteiger partial charge on any atom is -0.311 e. The largest absolute Gasteiger partial charge is 0.311 e. The Kier molecular flexibility index (Phi) is 4.33. The number of hydrogen-bond acceptors (Lipinski definition) is 3. The van der Waals surface area contributed by atoms with Gasteiger partial charge in [-0.05, 0) is 35.9 Å². The molecule has 0 fully saturated rings. The molecule has 0 saturated heterocycles. The number of sulfonamides is 1. The van der Waals surface area contributed by atoms with Crippen molar-refractivity contribution in [1.82, 2.24) is 4.31 Å². The van der Waals surface area contributed by atoms with E-state index in [1.807, 2.05) is 24.3 Å². The SMILES string of the molecule is CN1C(=O)c2cccc3c(S(=O)(=O)N(C)Cc4ccc(Br)cc4)ccc1c23. The number of carbonyl (C=O) groups excluding carboxylic acids is 1. The van der Waals surface area contributed by atoms with Gasteiger partial charge in [0.15, 0.2) is 0 Å². The third-order valence-electron chi connectivity index (χ3n) is 4.88. The highest BCUT2D eigenvalue weighted by Crippen LogP contribution is 2.39. The van der Waals surface area contributed by atoms with Crippen molar-refractivity contribution in [3.05, 3.63) is 70.2 Å². The third kappa shape index (κ3) is 2.86. The molecule has 0 aromatic heterocycles. The summed E-state index contributed by atoms with van der Waals surface area (Å²) in [7, 11) is -0.456. The maximum atomic E-state index is 13.2. The molecule has 0 radical (unpaired) electrons. The van der Waals surface area contributed by atoms with Gasteiger partial charge in [0.2, 0.25) is 10.0 Å². The summed E-state index contributed by atoms with van der Waals surface area (Å²) in [5, 5.41) is 1.27. The minimum absolute atomic E-state index is 0.117. The molecule has 1 amide bonds. The zero-order chi connectivity index (χ0) is 19.3. The second-order valence-electron chi connectivity index (χ2n) is 6.56. The summed E-state index contributed by atoms with van der Waals surface area (Å²) in [6, 6.07) is 16.1. The molecule has 4 rings (SSSR count). The van der Waals surface area contributed by atoms with Gasteiger partial charge in [0.1, 0.15) is 0 Å². The lowest BCUT2D eigenvalue weighted by atomic mass is 10.1. The highest BCUT2D eigenvalue weighted by molar-refractivity contribution is 9.10. The number of hydrogen-bond donors (Lipinski definition) is 0. The predicted molar refractivity (Wildman–Crippen MR) is 109 cm³/mol. The molecule has 3 aromatic carbocycles. The molecule has 27 heavy (non-hydrogen) atoms. The number of halogens is 1. The van der Waals surface area contributed by atoms with Crippen molar-refractivity contribution < 1.29 is 13.2 Å². The first-order valence-electron chi connectivity index (χ1n) is 8.35. The number of nitrogens with zero attached hydrogens (tertiary/aromatic N) is 2. The Hall–Kier alpha value is -2.22. The molecule has 5 nitrogen and oxygen atoms in total. The molecule has 0 bridgehead atoms. The van der Waals surface area contributed by atoms with Crippen LogP contribution in [0.2, 0.25) is 0 Å². The van der Waals surface area contributed by atoms with E-state index < -0.39 is 10.0 Å². The minimum atomic E-state index is -3.72. The van der Waals surface area contributed by atoms with Crippen LogP contribution in [0, 0.1) is 0 Å². The van der Waals surface area contributed by atoms with E-state index in [0.717, 1.165) is 15.7 Å². The summed E-state index contributed by atoms with van der Waals surface area (Å²) < 4.78 is 28.8. The molecule has 0 aliphatic carbocycles. The second-order valence-corrected chi connectivity index (χ2v) is 9.49. The van der Waals surface area contributed by atoms with Crippen molar-refractivity contribution in [3.63, 3.8) is 0 Å². The number of amides is 1. The molecule has 0 atom stereocenters. The van der Waals surface area contributed by atoms with E-state index in [4.69, 9.17) is 0 Å². The van der Waals surface area contributed by atoms with Crippen LogP contribution >= 0.6 is 15.9 Å². The van der Waals surface area contributed by atoms with Gasteiger partial charge in [0.05, 0.1) is 10.6 Å². The Bertz CT molecular complexity index is 1170. The number of rotatable bonds is 4. The molecule has 0 spiro atoms. The van der Waals surface area contributed by atoms with E-state index in [0.29, 0.717) is 16.3 Å². The predicted octanol–water partition coefficient (Wildman–Crippen LogP) is 4.01. The van der Waals surface area contributed by atoms with Crippen molar-refractivity contribution in [3.8, 4) is 0 Å². The van der Waals surface area contributed by atoms with Gasteiger partial charge in [-0.25, -0.2) is 8.42 Å². The molecular weight excluding hydrogens is 428 g/mol. The van der Waals surface area contributed by atoms with E-state index in [1.165, 1.54) is 4.31 Å². The Morgan fingerprint density at radius 3 is 2.44 bits per heavy atom. The van der Waals surface area contributed by atoms with Gasteiger partial charge in [0, 0.05) is 41.4 Å². The van der Waals surface area contributed by atoms with Crippen LogP contribution in [0.25, 0.3) is 10.8 Å².